The Morgan fingerprint density at radius 1 is 1.82 bits per heavy atom. The lowest BCUT2D eigenvalue weighted by Crippen LogP contribution is -2.31. The highest BCUT2D eigenvalue weighted by Crippen LogP contribution is 2.20. The largest absolute Gasteiger partial charge is 0.331 e. The summed E-state index contributed by atoms with van der Waals surface area (Å²) in [6, 6.07) is 0.457. The van der Waals surface area contributed by atoms with E-state index in [1.54, 1.807) is 0 Å². The molecular formula is C7H10IN3. The van der Waals surface area contributed by atoms with Crippen LogP contribution in [-0.2, 0) is 6.54 Å². The zero-order valence-electron chi connectivity index (χ0n) is 6.34. The lowest BCUT2D eigenvalue weighted by atomic mass is 10.2. The van der Waals surface area contributed by atoms with Gasteiger partial charge in [0.05, 0.1) is 12.0 Å². The number of rotatable bonds is 0. The van der Waals surface area contributed by atoms with Gasteiger partial charge in [-0.25, -0.2) is 4.98 Å². The van der Waals surface area contributed by atoms with E-state index >= 15 is 0 Å². The van der Waals surface area contributed by atoms with Gasteiger partial charge >= 0.3 is 0 Å². The fourth-order valence-corrected chi connectivity index (χ4v) is 2.37. The summed E-state index contributed by atoms with van der Waals surface area (Å²) in [7, 11) is 0. The number of aromatic nitrogens is 2. The van der Waals surface area contributed by atoms with Crippen LogP contribution in [0.2, 0.25) is 0 Å². The average molecular weight is 263 g/mol. The summed E-state index contributed by atoms with van der Waals surface area (Å²) >= 11 is 2.28. The molecule has 0 amide bonds. The molecule has 4 heteroatoms. The maximum absolute atomic E-state index is 4.26. The van der Waals surface area contributed by atoms with Crippen molar-refractivity contribution in [2.45, 2.75) is 19.5 Å². The van der Waals surface area contributed by atoms with Crippen molar-refractivity contribution in [3.8, 4) is 0 Å². The second-order valence-electron chi connectivity index (χ2n) is 2.79. The van der Waals surface area contributed by atoms with E-state index in [0.717, 1.165) is 16.8 Å². The lowest BCUT2D eigenvalue weighted by Gasteiger charge is -2.22. The molecule has 2 heterocycles. The Morgan fingerprint density at radius 2 is 2.64 bits per heavy atom. The molecule has 1 aliphatic rings. The zero-order valence-corrected chi connectivity index (χ0v) is 8.50. The number of nitrogens with zero attached hydrogens (tertiary/aromatic N) is 2. The number of hydrogen-bond acceptors (Lipinski definition) is 2. The fourth-order valence-electron chi connectivity index (χ4n) is 1.47. The monoisotopic (exact) mass is 263 g/mol. The minimum atomic E-state index is 0.457. The molecule has 0 saturated carbocycles. The maximum Gasteiger partial charge on any atom is 0.124 e. The summed E-state index contributed by atoms with van der Waals surface area (Å²) in [5.41, 5.74) is 1.33. The highest BCUT2D eigenvalue weighted by atomic mass is 127. The summed E-state index contributed by atoms with van der Waals surface area (Å²) in [6.07, 6.45) is 1.93. The van der Waals surface area contributed by atoms with Gasteiger partial charge in [-0.3, -0.25) is 0 Å². The van der Waals surface area contributed by atoms with Crippen LogP contribution in [0.15, 0.2) is 6.33 Å². The second-order valence-corrected chi connectivity index (χ2v) is 3.81. The van der Waals surface area contributed by atoms with Crippen molar-refractivity contribution in [2.24, 2.45) is 0 Å². The first-order valence-corrected chi connectivity index (χ1v) is 4.81. The standard InChI is InChI=1S/C7H10IN3/c1-5-6-7(8)10-4-11(6)3-2-9-5/h4-5,9H,2-3H2,1H3. The number of nitrogens with one attached hydrogen (secondary N) is 1. The topological polar surface area (TPSA) is 29.9 Å². The highest BCUT2D eigenvalue weighted by molar-refractivity contribution is 14.1. The van der Waals surface area contributed by atoms with E-state index in [2.05, 4.69) is 44.4 Å². The Morgan fingerprint density at radius 3 is 3.36 bits per heavy atom. The molecule has 60 valence electrons. The van der Waals surface area contributed by atoms with Gasteiger partial charge in [0.25, 0.3) is 0 Å². The third-order valence-corrected chi connectivity index (χ3v) is 2.88. The van der Waals surface area contributed by atoms with E-state index in [0.29, 0.717) is 6.04 Å². The second kappa shape index (κ2) is 2.75. The Bertz CT molecular complexity index is 269. The average Bonchev–Trinajstić information content (AvgIpc) is 2.34. The van der Waals surface area contributed by atoms with E-state index in [1.165, 1.54) is 5.69 Å². The van der Waals surface area contributed by atoms with E-state index in [-0.39, 0.29) is 0 Å². The predicted molar refractivity (Wildman–Crippen MR) is 51.4 cm³/mol. The third kappa shape index (κ3) is 1.18. The number of hydrogen-bond donors (Lipinski definition) is 1. The molecular weight excluding hydrogens is 253 g/mol. The minimum Gasteiger partial charge on any atom is -0.331 e. The molecule has 0 aliphatic carbocycles. The molecule has 3 nitrogen and oxygen atoms in total. The van der Waals surface area contributed by atoms with Crippen LogP contribution in [0.4, 0.5) is 0 Å². The first-order chi connectivity index (χ1) is 5.29. The van der Waals surface area contributed by atoms with Crippen LogP contribution >= 0.6 is 22.6 Å². The van der Waals surface area contributed by atoms with Crippen LogP contribution in [0.1, 0.15) is 18.7 Å². The molecule has 0 saturated heterocycles. The van der Waals surface area contributed by atoms with Gasteiger partial charge in [0.2, 0.25) is 0 Å². The van der Waals surface area contributed by atoms with E-state index in [4.69, 9.17) is 0 Å². The number of halogens is 1. The van der Waals surface area contributed by atoms with Crippen LogP contribution < -0.4 is 5.32 Å². The molecule has 1 unspecified atom stereocenters. The van der Waals surface area contributed by atoms with Gasteiger partial charge in [-0.2, -0.15) is 0 Å². The van der Waals surface area contributed by atoms with Gasteiger partial charge in [0.15, 0.2) is 0 Å². The lowest BCUT2D eigenvalue weighted by molar-refractivity contribution is 0.446. The smallest absolute Gasteiger partial charge is 0.124 e. The SMILES string of the molecule is CC1NCCn2cnc(I)c21. The van der Waals surface area contributed by atoms with Gasteiger partial charge in [-0.1, -0.05) is 0 Å². The van der Waals surface area contributed by atoms with Crippen molar-refractivity contribution in [1.29, 1.82) is 0 Å². The van der Waals surface area contributed by atoms with Crippen molar-refractivity contribution >= 4 is 22.6 Å². The van der Waals surface area contributed by atoms with Gasteiger partial charge in [-0.05, 0) is 29.5 Å². The van der Waals surface area contributed by atoms with Gasteiger partial charge in [-0.15, -0.1) is 0 Å². The summed E-state index contributed by atoms with van der Waals surface area (Å²) in [4.78, 5) is 4.26. The van der Waals surface area contributed by atoms with Crippen molar-refractivity contribution in [1.82, 2.24) is 14.9 Å². The van der Waals surface area contributed by atoms with E-state index in [9.17, 15) is 0 Å². The van der Waals surface area contributed by atoms with E-state index < -0.39 is 0 Å². The van der Waals surface area contributed by atoms with Crippen LogP contribution in [0, 0.1) is 3.70 Å². The molecule has 1 N–H and O–H groups in total. The normalized spacial score (nSPS) is 23.3. The molecule has 1 aromatic rings. The van der Waals surface area contributed by atoms with Crippen molar-refractivity contribution < 1.29 is 0 Å². The number of fused-ring (bicyclic) bond motifs is 1. The highest BCUT2D eigenvalue weighted by Gasteiger charge is 2.18. The Balaban J connectivity index is 2.48. The minimum absolute atomic E-state index is 0.457. The first kappa shape index (κ1) is 7.54. The molecule has 0 spiro atoms. The molecule has 11 heavy (non-hydrogen) atoms. The van der Waals surface area contributed by atoms with Gasteiger partial charge < -0.3 is 9.88 Å². The van der Waals surface area contributed by atoms with Crippen LogP contribution in [-0.4, -0.2) is 16.1 Å². The van der Waals surface area contributed by atoms with Gasteiger partial charge in [0.1, 0.15) is 3.70 Å². The Labute approximate surface area is 79.3 Å². The van der Waals surface area contributed by atoms with Crippen molar-refractivity contribution in [3.63, 3.8) is 0 Å². The summed E-state index contributed by atoms with van der Waals surface area (Å²) in [5.74, 6) is 0. The predicted octanol–water partition coefficient (Wildman–Crippen LogP) is 1.15. The van der Waals surface area contributed by atoms with Crippen molar-refractivity contribution in [3.05, 3.63) is 15.7 Å². The molecule has 1 aliphatic heterocycles. The molecule has 1 atom stereocenters. The Hall–Kier alpha value is -0.100. The summed E-state index contributed by atoms with van der Waals surface area (Å²) in [5, 5.41) is 3.40. The van der Waals surface area contributed by atoms with E-state index in [1.807, 2.05) is 6.33 Å². The molecule has 0 fully saturated rings. The fraction of sp³-hybridized carbons (Fsp3) is 0.571. The molecule has 2 rings (SSSR count). The zero-order chi connectivity index (χ0) is 7.84. The van der Waals surface area contributed by atoms with Gasteiger partial charge in [0, 0.05) is 19.1 Å². The molecule has 0 aromatic carbocycles. The summed E-state index contributed by atoms with van der Waals surface area (Å²) in [6.45, 7) is 4.28. The maximum atomic E-state index is 4.26. The quantitative estimate of drug-likeness (QED) is 0.712. The van der Waals surface area contributed by atoms with Crippen LogP contribution in [0.25, 0.3) is 0 Å². The summed E-state index contributed by atoms with van der Waals surface area (Å²) < 4.78 is 3.35. The van der Waals surface area contributed by atoms with Crippen LogP contribution in [0.3, 0.4) is 0 Å². The molecule has 0 radical (unpaired) electrons. The number of imidazole rings is 1. The van der Waals surface area contributed by atoms with Crippen molar-refractivity contribution in [2.75, 3.05) is 6.54 Å². The first-order valence-electron chi connectivity index (χ1n) is 3.73. The molecule has 1 aromatic heterocycles. The Kier molecular flexibility index (Phi) is 1.88. The third-order valence-electron chi connectivity index (χ3n) is 2.04. The van der Waals surface area contributed by atoms with Crippen LogP contribution in [0.5, 0.6) is 0 Å². The molecule has 0 bridgehead atoms.